The molecule has 1 saturated heterocycles. The number of aliphatic hydroxyl groups excluding tert-OH is 1. The summed E-state index contributed by atoms with van der Waals surface area (Å²) in [7, 11) is 2.13. The van der Waals surface area contributed by atoms with Gasteiger partial charge in [0, 0.05) is 0 Å². The van der Waals surface area contributed by atoms with Crippen molar-refractivity contribution in [3.63, 3.8) is 0 Å². The van der Waals surface area contributed by atoms with E-state index in [9.17, 15) is 0 Å². The summed E-state index contributed by atoms with van der Waals surface area (Å²) in [4.78, 5) is 1.46. The summed E-state index contributed by atoms with van der Waals surface area (Å²) in [6, 6.07) is 0. The SMILES string of the molecule is C[NH+]1CCC[C@@H](O)C1. The van der Waals surface area contributed by atoms with Crippen molar-refractivity contribution in [1.29, 1.82) is 0 Å². The molecule has 2 N–H and O–H groups in total. The molecule has 2 heteroatoms. The molecule has 1 aliphatic rings. The van der Waals surface area contributed by atoms with Crippen LogP contribution in [0.5, 0.6) is 0 Å². The van der Waals surface area contributed by atoms with Crippen LogP contribution in [0.15, 0.2) is 0 Å². The number of nitrogens with one attached hydrogen (secondary N) is 1. The van der Waals surface area contributed by atoms with Gasteiger partial charge in [0.15, 0.2) is 0 Å². The Morgan fingerprint density at radius 2 is 2.38 bits per heavy atom. The van der Waals surface area contributed by atoms with Gasteiger partial charge in [-0.25, -0.2) is 0 Å². The van der Waals surface area contributed by atoms with Gasteiger partial charge in [-0.15, -0.1) is 0 Å². The maximum Gasteiger partial charge on any atom is 0.103 e. The van der Waals surface area contributed by atoms with Crippen LogP contribution in [-0.2, 0) is 0 Å². The largest absolute Gasteiger partial charge is 0.387 e. The van der Waals surface area contributed by atoms with Gasteiger partial charge >= 0.3 is 0 Å². The fourth-order valence-corrected chi connectivity index (χ4v) is 1.25. The minimum Gasteiger partial charge on any atom is -0.387 e. The topological polar surface area (TPSA) is 24.7 Å². The molecule has 8 heavy (non-hydrogen) atoms. The van der Waals surface area contributed by atoms with Gasteiger partial charge in [0.25, 0.3) is 0 Å². The number of likely N-dealkylation sites (N-methyl/N-ethyl adjacent to an activating group) is 1. The van der Waals surface area contributed by atoms with E-state index in [0.29, 0.717) is 0 Å². The standard InChI is InChI=1S/C6H13NO/c1-7-4-2-3-6(8)5-7/h6,8H,2-5H2,1H3/p+1/t6-/m1/s1. The molecule has 0 aromatic carbocycles. The highest BCUT2D eigenvalue weighted by molar-refractivity contribution is 4.55. The molecule has 0 aromatic heterocycles. The highest BCUT2D eigenvalue weighted by Crippen LogP contribution is 1.95. The predicted octanol–water partition coefficient (Wildman–Crippen LogP) is -1.34. The highest BCUT2D eigenvalue weighted by Gasteiger charge is 2.16. The first-order valence-electron chi connectivity index (χ1n) is 3.28. The lowest BCUT2D eigenvalue weighted by molar-refractivity contribution is -0.888. The Bertz CT molecular complexity index is 66.9. The minimum atomic E-state index is -0.0243. The molecule has 1 rings (SSSR count). The molecular weight excluding hydrogens is 102 g/mol. The van der Waals surface area contributed by atoms with Crippen LogP contribution in [0, 0.1) is 0 Å². The zero-order valence-corrected chi connectivity index (χ0v) is 5.35. The number of aliphatic hydroxyl groups is 1. The number of likely N-dealkylation sites (tertiary alicyclic amines) is 1. The molecule has 48 valence electrons. The molecule has 0 saturated carbocycles. The van der Waals surface area contributed by atoms with Gasteiger partial charge in [-0.2, -0.15) is 0 Å². The van der Waals surface area contributed by atoms with Gasteiger partial charge in [-0.3, -0.25) is 0 Å². The normalized spacial score (nSPS) is 39.8. The zero-order chi connectivity index (χ0) is 5.98. The quantitative estimate of drug-likeness (QED) is 0.402. The van der Waals surface area contributed by atoms with E-state index in [4.69, 9.17) is 5.11 Å². The van der Waals surface area contributed by atoms with Crippen molar-refractivity contribution in [2.24, 2.45) is 0 Å². The van der Waals surface area contributed by atoms with Crippen LogP contribution in [0.4, 0.5) is 0 Å². The third-order valence-electron chi connectivity index (χ3n) is 1.72. The van der Waals surface area contributed by atoms with Crippen LogP contribution in [0.2, 0.25) is 0 Å². The lowest BCUT2D eigenvalue weighted by atomic mass is 10.1. The predicted molar refractivity (Wildman–Crippen MR) is 31.9 cm³/mol. The van der Waals surface area contributed by atoms with Gasteiger partial charge in [0.1, 0.15) is 12.6 Å². The fourth-order valence-electron chi connectivity index (χ4n) is 1.25. The van der Waals surface area contributed by atoms with Crippen LogP contribution in [0.1, 0.15) is 12.8 Å². The number of quaternary nitrogens is 1. The average molecular weight is 116 g/mol. The third-order valence-corrected chi connectivity index (χ3v) is 1.72. The van der Waals surface area contributed by atoms with Crippen LogP contribution in [-0.4, -0.2) is 31.3 Å². The molecule has 2 nitrogen and oxygen atoms in total. The van der Waals surface area contributed by atoms with E-state index in [-0.39, 0.29) is 6.10 Å². The molecule has 1 fully saturated rings. The van der Waals surface area contributed by atoms with Gasteiger partial charge in [-0.1, -0.05) is 0 Å². The van der Waals surface area contributed by atoms with Crippen molar-refractivity contribution in [2.45, 2.75) is 18.9 Å². The first-order valence-corrected chi connectivity index (χ1v) is 3.28. The molecule has 0 amide bonds. The van der Waals surface area contributed by atoms with Crippen LogP contribution in [0.3, 0.4) is 0 Å². The summed E-state index contributed by atoms with van der Waals surface area (Å²) in [6.45, 7) is 2.18. The number of piperidine rings is 1. The number of rotatable bonds is 0. The molecule has 2 atom stereocenters. The number of hydrogen-bond donors (Lipinski definition) is 2. The Balaban J connectivity index is 2.23. The van der Waals surface area contributed by atoms with Crippen molar-refractivity contribution in [3.8, 4) is 0 Å². The summed E-state index contributed by atoms with van der Waals surface area (Å²) in [5, 5.41) is 9.06. The maximum absolute atomic E-state index is 9.06. The first kappa shape index (κ1) is 6.05. The second-order valence-electron chi connectivity index (χ2n) is 2.71. The van der Waals surface area contributed by atoms with Crippen LogP contribution < -0.4 is 4.90 Å². The molecule has 0 aromatic rings. The Hall–Kier alpha value is -0.0800. The van der Waals surface area contributed by atoms with Gasteiger partial charge in [-0.05, 0) is 12.8 Å². The van der Waals surface area contributed by atoms with Crippen molar-refractivity contribution in [3.05, 3.63) is 0 Å². The van der Waals surface area contributed by atoms with E-state index in [1.165, 1.54) is 17.9 Å². The monoisotopic (exact) mass is 116 g/mol. The second-order valence-corrected chi connectivity index (χ2v) is 2.71. The van der Waals surface area contributed by atoms with Crippen molar-refractivity contribution >= 4 is 0 Å². The van der Waals surface area contributed by atoms with E-state index in [1.807, 2.05) is 0 Å². The molecule has 1 aliphatic heterocycles. The van der Waals surface area contributed by atoms with Crippen molar-refractivity contribution in [2.75, 3.05) is 20.1 Å². The van der Waals surface area contributed by atoms with E-state index in [0.717, 1.165) is 13.0 Å². The molecule has 1 unspecified atom stereocenters. The molecule has 0 spiro atoms. The summed E-state index contributed by atoms with van der Waals surface area (Å²) in [5.41, 5.74) is 0. The smallest absolute Gasteiger partial charge is 0.103 e. The summed E-state index contributed by atoms with van der Waals surface area (Å²) < 4.78 is 0. The lowest BCUT2D eigenvalue weighted by Gasteiger charge is -2.22. The van der Waals surface area contributed by atoms with E-state index in [2.05, 4.69) is 7.05 Å². The van der Waals surface area contributed by atoms with Gasteiger partial charge < -0.3 is 10.0 Å². The van der Waals surface area contributed by atoms with E-state index < -0.39 is 0 Å². The van der Waals surface area contributed by atoms with E-state index >= 15 is 0 Å². The molecule has 0 radical (unpaired) electrons. The Labute approximate surface area is 50.1 Å². The second kappa shape index (κ2) is 2.46. The Morgan fingerprint density at radius 1 is 1.62 bits per heavy atom. The van der Waals surface area contributed by atoms with Gasteiger partial charge in [0.05, 0.1) is 13.6 Å². The summed E-state index contributed by atoms with van der Waals surface area (Å²) in [5.74, 6) is 0. The zero-order valence-electron chi connectivity index (χ0n) is 5.35. The molecule has 0 bridgehead atoms. The van der Waals surface area contributed by atoms with Crippen LogP contribution >= 0.6 is 0 Å². The lowest BCUT2D eigenvalue weighted by Crippen LogP contribution is -3.11. The molecular formula is C6H14NO+. The Morgan fingerprint density at radius 3 is 2.75 bits per heavy atom. The average Bonchev–Trinajstić information content (AvgIpc) is 1.64. The molecule has 0 aliphatic carbocycles. The third kappa shape index (κ3) is 1.46. The fraction of sp³-hybridized carbons (Fsp3) is 1.00. The summed E-state index contributed by atoms with van der Waals surface area (Å²) >= 11 is 0. The van der Waals surface area contributed by atoms with Gasteiger partial charge in [0.2, 0.25) is 0 Å². The van der Waals surface area contributed by atoms with Crippen molar-refractivity contribution in [1.82, 2.24) is 0 Å². The summed E-state index contributed by atoms with van der Waals surface area (Å²) in [6.07, 6.45) is 2.17. The highest BCUT2D eigenvalue weighted by atomic mass is 16.3. The molecule has 1 heterocycles. The maximum atomic E-state index is 9.06. The van der Waals surface area contributed by atoms with E-state index in [1.54, 1.807) is 0 Å². The number of hydrogen-bond acceptors (Lipinski definition) is 1. The minimum absolute atomic E-state index is 0.0243. The van der Waals surface area contributed by atoms with Crippen molar-refractivity contribution < 1.29 is 10.0 Å². The Kier molecular flexibility index (Phi) is 1.86. The first-order chi connectivity index (χ1) is 3.79. The van der Waals surface area contributed by atoms with Crippen LogP contribution in [0.25, 0.3) is 0 Å².